The Balaban J connectivity index is 1.24. The van der Waals surface area contributed by atoms with Crippen molar-refractivity contribution in [3.05, 3.63) is 59.2 Å². The number of rotatable bonds is 16. The van der Waals surface area contributed by atoms with Crippen molar-refractivity contribution in [1.82, 2.24) is 0 Å². The Morgan fingerprint density at radius 1 is 0.976 bits per heavy atom. The van der Waals surface area contributed by atoms with Crippen molar-refractivity contribution in [2.45, 2.75) is 82.6 Å². The van der Waals surface area contributed by atoms with Crippen LogP contribution in [0.3, 0.4) is 0 Å². The van der Waals surface area contributed by atoms with E-state index in [1.54, 1.807) is 21.1 Å². The maximum absolute atomic E-state index is 9.94. The first-order valence-electron chi connectivity index (χ1n) is 15.7. The molecule has 1 N–H and O–H groups in total. The molecule has 2 fully saturated rings. The van der Waals surface area contributed by atoms with E-state index in [4.69, 9.17) is 28.4 Å². The van der Waals surface area contributed by atoms with Crippen LogP contribution in [0, 0.1) is 5.92 Å². The summed E-state index contributed by atoms with van der Waals surface area (Å²) in [6, 6.07) is 15.1. The number of fused-ring (bicyclic) bond motifs is 1. The fourth-order valence-corrected chi connectivity index (χ4v) is 6.28. The summed E-state index contributed by atoms with van der Waals surface area (Å²) in [7, 11) is 3.52. The van der Waals surface area contributed by atoms with E-state index in [9.17, 15) is 5.11 Å². The fraction of sp³-hybridized carbons (Fsp3) is 0.647. The lowest BCUT2D eigenvalue weighted by molar-refractivity contribution is -0.0835. The molecule has 8 nitrogen and oxygen atoms in total. The van der Waals surface area contributed by atoms with Gasteiger partial charge in [0.1, 0.15) is 12.4 Å². The summed E-state index contributed by atoms with van der Waals surface area (Å²) in [6.07, 6.45) is 4.92. The van der Waals surface area contributed by atoms with E-state index in [1.807, 2.05) is 0 Å². The third-order valence-electron chi connectivity index (χ3n) is 8.68. The lowest BCUT2D eigenvalue weighted by Gasteiger charge is -2.38. The summed E-state index contributed by atoms with van der Waals surface area (Å²) in [6.45, 7) is 7.24. The van der Waals surface area contributed by atoms with Crippen molar-refractivity contribution in [3.8, 4) is 5.75 Å². The Bertz CT molecular complexity index is 1090. The van der Waals surface area contributed by atoms with Crippen molar-refractivity contribution in [2.24, 2.45) is 5.92 Å². The molecule has 1 aliphatic heterocycles. The number of aliphatic hydroxyl groups excluding tert-OH is 1. The van der Waals surface area contributed by atoms with Crippen LogP contribution in [0.5, 0.6) is 5.75 Å². The second-order valence-electron chi connectivity index (χ2n) is 12.0. The molecule has 1 heterocycles. The summed E-state index contributed by atoms with van der Waals surface area (Å²) >= 11 is 0. The van der Waals surface area contributed by atoms with Gasteiger partial charge in [0.2, 0.25) is 0 Å². The second kappa shape index (κ2) is 15.5. The Hall–Kier alpha value is -2.20. The maximum Gasteiger partial charge on any atom is 0.142 e. The summed E-state index contributed by atoms with van der Waals surface area (Å²) in [5.74, 6) is 1.56. The number of hydrogen-bond acceptors (Lipinski definition) is 8. The van der Waals surface area contributed by atoms with Crippen LogP contribution in [-0.4, -0.2) is 83.3 Å². The van der Waals surface area contributed by atoms with E-state index in [-0.39, 0.29) is 18.1 Å². The molecule has 5 rings (SSSR count). The first-order chi connectivity index (χ1) is 20.6. The van der Waals surface area contributed by atoms with Crippen molar-refractivity contribution in [2.75, 3.05) is 58.6 Å². The topological polar surface area (TPSA) is 78.9 Å². The van der Waals surface area contributed by atoms with Gasteiger partial charge in [-0.1, -0.05) is 30.3 Å². The first kappa shape index (κ1) is 31.2. The average molecular weight is 584 g/mol. The number of methoxy groups -OCH3 is 2. The monoisotopic (exact) mass is 583 g/mol. The van der Waals surface area contributed by atoms with Crippen LogP contribution >= 0.6 is 0 Å². The zero-order valence-corrected chi connectivity index (χ0v) is 25.5. The average Bonchev–Trinajstić information content (AvgIpc) is 3.78. The molecule has 8 heteroatoms. The summed E-state index contributed by atoms with van der Waals surface area (Å²) in [5, 5.41) is 9.94. The van der Waals surface area contributed by atoms with Crippen LogP contribution in [0.15, 0.2) is 42.5 Å². The van der Waals surface area contributed by atoms with Crippen LogP contribution in [0.4, 0.5) is 5.69 Å². The van der Waals surface area contributed by atoms with Gasteiger partial charge in [-0.05, 0) is 67.9 Å². The third-order valence-corrected chi connectivity index (χ3v) is 8.68. The summed E-state index contributed by atoms with van der Waals surface area (Å²) < 4.78 is 35.5. The van der Waals surface area contributed by atoms with Gasteiger partial charge in [0, 0.05) is 39.2 Å². The summed E-state index contributed by atoms with van der Waals surface area (Å²) in [4.78, 5) is 2.39. The third kappa shape index (κ3) is 8.46. The molecule has 232 valence electrons. The minimum absolute atomic E-state index is 0.00509. The predicted octanol–water partition coefficient (Wildman–Crippen LogP) is 5.09. The molecule has 2 aromatic rings. The zero-order valence-electron chi connectivity index (χ0n) is 25.5. The Kier molecular flexibility index (Phi) is 11.5. The van der Waals surface area contributed by atoms with Gasteiger partial charge >= 0.3 is 0 Å². The van der Waals surface area contributed by atoms with Gasteiger partial charge in [-0.15, -0.1) is 0 Å². The molecule has 0 bridgehead atoms. The zero-order chi connectivity index (χ0) is 29.3. The molecule has 1 unspecified atom stereocenters. The SMILES string of the molecule is COCCCN1CCOc2ccc(CO[C@H]3CCC[C@@H](OC[C@@H](C)O)[C@@H]3c3ccc(COCC4C[C@@H]4OC)cc3)cc21. The van der Waals surface area contributed by atoms with Crippen molar-refractivity contribution in [3.63, 3.8) is 0 Å². The lowest BCUT2D eigenvalue weighted by Crippen LogP contribution is -2.38. The van der Waals surface area contributed by atoms with Gasteiger partial charge in [-0.2, -0.15) is 0 Å². The Labute approximate surface area is 251 Å². The van der Waals surface area contributed by atoms with Crippen molar-refractivity contribution in [1.29, 1.82) is 0 Å². The molecule has 2 aliphatic carbocycles. The maximum atomic E-state index is 9.94. The van der Waals surface area contributed by atoms with E-state index in [0.717, 1.165) is 81.0 Å². The largest absolute Gasteiger partial charge is 0.490 e. The molecule has 2 aromatic carbocycles. The molecule has 0 amide bonds. The summed E-state index contributed by atoms with van der Waals surface area (Å²) in [5.41, 5.74) is 4.65. The molecule has 0 radical (unpaired) electrons. The number of hydrogen-bond donors (Lipinski definition) is 1. The highest BCUT2D eigenvalue weighted by atomic mass is 16.5. The quantitative estimate of drug-likeness (QED) is 0.274. The minimum atomic E-state index is -0.500. The predicted molar refractivity (Wildman–Crippen MR) is 162 cm³/mol. The molecule has 42 heavy (non-hydrogen) atoms. The molecular weight excluding hydrogens is 534 g/mol. The van der Waals surface area contributed by atoms with Crippen LogP contribution in [0.25, 0.3) is 0 Å². The van der Waals surface area contributed by atoms with Crippen LogP contribution in [0.2, 0.25) is 0 Å². The molecule has 3 aliphatic rings. The standard InChI is InChI=1S/C34H49NO7/c1-24(36)20-41-31-6-4-7-32(34(31)27-11-8-25(9-12-27)21-39-23-28-19-33(28)38-3)42-22-26-10-13-30-29(18-26)35(15-17-40-30)14-5-16-37-2/h8-13,18,24,28,31-34,36H,4-7,14-17,19-23H2,1-3H3/t24-,28?,31-,32+,33+,34+/m1/s1. The van der Waals surface area contributed by atoms with Crippen LogP contribution in [0.1, 0.15) is 61.6 Å². The smallest absolute Gasteiger partial charge is 0.142 e. The van der Waals surface area contributed by atoms with Crippen LogP contribution < -0.4 is 9.64 Å². The molecule has 0 saturated heterocycles. The Morgan fingerprint density at radius 3 is 2.50 bits per heavy atom. The molecule has 2 saturated carbocycles. The number of aliphatic hydroxyl groups is 1. The fourth-order valence-electron chi connectivity index (χ4n) is 6.28. The van der Waals surface area contributed by atoms with E-state index in [1.165, 1.54) is 5.56 Å². The molecule has 0 aromatic heterocycles. The lowest BCUT2D eigenvalue weighted by atomic mass is 9.79. The first-order valence-corrected chi connectivity index (χ1v) is 15.7. The van der Waals surface area contributed by atoms with Crippen molar-refractivity contribution >= 4 is 5.69 Å². The van der Waals surface area contributed by atoms with Gasteiger partial charge in [-0.3, -0.25) is 0 Å². The highest BCUT2D eigenvalue weighted by Crippen LogP contribution is 2.39. The van der Waals surface area contributed by atoms with Gasteiger partial charge < -0.3 is 38.4 Å². The molecular formula is C34H49NO7. The Morgan fingerprint density at radius 2 is 1.76 bits per heavy atom. The van der Waals surface area contributed by atoms with Gasteiger partial charge in [0.25, 0.3) is 0 Å². The number of benzene rings is 2. The van der Waals surface area contributed by atoms with E-state index < -0.39 is 6.10 Å². The van der Waals surface area contributed by atoms with E-state index in [0.29, 0.717) is 38.4 Å². The van der Waals surface area contributed by atoms with E-state index >= 15 is 0 Å². The molecule has 0 spiro atoms. The minimum Gasteiger partial charge on any atom is -0.490 e. The number of ether oxygens (including phenoxy) is 6. The van der Waals surface area contributed by atoms with Gasteiger partial charge in [0.15, 0.2) is 0 Å². The van der Waals surface area contributed by atoms with Crippen molar-refractivity contribution < 1.29 is 33.5 Å². The van der Waals surface area contributed by atoms with Gasteiger partial charge in [-0.25, -0.2) is 0 Å². The normalized spacial score (nSPS) is 26.0. The number of anilines is 1. The number of nitrogens with zero attached hydrogens (tertiary/aromatic N) is 1. The van der Waals surface area contributed by atoms with Crippen LogP contribution in [-0.2, 0) is 36.9 Å². The second-order valence-corrected chi connectivity index (χ2v) is 12.0. The molecule has 6 atom stereocenters. The van der Waals surface area contributed by atoms with E-state index in [2.05, 4.69) is 47.4 Å². The highest BCUT2D eigenvalue weighted by Gasteiger charge is 2.38. The van der Waals surface area contributed by atoms with Gasteiger partial charge in [0.05, 0.1) is 63.1 Å². The highest BCUT2D eigenvalue weighted by molar-refractivity contribution is 5.61.